The van der Waals surface area contributed by atoms with Gasteiger partial charge in [-0.1, -0.05) is 6.42 Å². The minimum Gasteiger partial charge on any atom is -0.207 e. The molecular weight excluding hydrogens is 346 g/mol. The lowest BCUT2D eigenvalue weighted by atomic mass is 9.84. The van der Waals surface area contributed by atoms with E-state index in [0.29, 0.717) is 14.6 Å². The van der Waals surface area contributed by atoms with Gasteiger partial charge < -0.3 is 0 Å². The Bertz CT molecular complexity index is 569. The SMILES string of the molecule is CC(NS(=O)(=O)c1sccc1Br)C1CC2CCC1C2. The van der Waals surface area contributed by atoms with E-state index in [9.17, 15) is 8.42 Å². The minimum atomic E-state index is -3.38. The summed E-state index contributed by atoms with van der Waals surface area (Å²) < 4.78 is 28.6. The molecule has 0 radical (unpaired) electrons. The third-order valence-electron chi connectivity index (χ3n) is 4.60. The lowest BCUT2D eigenvalue weighted by Crippen LogP contribution is -2.39. The van der Waals surface area contributed by atoms with Crippen molar-refractivity contribution in [2.75, 3.05) is 0 Å². The summed E-state index contributed by atoms with van der Waals surface area (Å²) in [6.07, 6.45) is 5.13. The number of halogens is 1. The first-order chi connectivity index (χ1) is 8.97. The number of rotatable bonds is 4. The average Bonchev–Trinajstić information content (AvgIpc) is 3.02. The Balaban J connectivity index is 1.73. The molecule has 6 heteroatoms. The van der Waals surface area contributed by atoms with Crippen molar-refractivity contribution in [1.29, 1.82) is 0 Å². The summed E-state index contributed by atoms with van der Waals surface area (Å²) in [5, 5.41) is 1.79. The summed E-state index contributed by atoms with van der Waals surface area (Å²) in [6, 6.07) is 1.82. The number of fused-ring (bicyclic) bond motifs is 2. The van der Waals surface area contributed by atoms with Crippen LogP contribution in [0.25, 0.3) is 0 Å². The van der Waals surface area contributed by atoms with E-state index >= 15 is 0 Å². The monoisotopic (exact) mass is 363 g/mol. The average molecular weight is 364 g/mol. The summed E-state index contributed by atoms with van der Waals surface area (Å²) >= 11 is 4.56. The van der Waals surface area contributed by atoms with Crippen molar-refractivity contribution in [1.82, 2.24) is 4.72 Å². The Kier molecular flexibility index (Phi) is 3.79. The van der Waals surface area contributed by atoms with Gasteiger partial charge in [-0.05, 0) is 71.3 Å². The molecule has 1 N–H and O–H groups in total. The van der Waals surface area contributed by atoms with Crippen molar-refractivity contribution in [2.45, 2.75) is 42.9 Å². The summed E-state index contributed by atoms with van der Waals surface area (Å²) in [7, 11) is -3.38. The predicted octanol–water partition coefficient (Wildman–Crippen LogP) is 3.61. The molecule has 2 bridgehead atoms. The van der Waals surface area contributed by atoms with Gasteiger partial charge in [0.05, 0.1) is 0 Å². The zero-order valence-electron chi connectivity index (χ0n) is 10.8. The van der Waals surface area contributed by atoms with Crippen LogP contribution < -0.4 is 4.72 Å². The van der Waals surface area contributed by atoms with E-state index in [0.717, 1.165) is 11.8 Å². The Labute approximate surface area is 127 Å². The van der Waals surface area contributed by atoms with Gasteiger partial charge in [-0.25, -0.2) is 13.1 Å². The molecule has 0 aliphatic heterocycles. The van der Waals surface area contributed by atoms with E-state index < -0.39 is 10.0 Å². The van der Waals surface area contributed by atoms with Gasteiger partial charge >= 0.3 is 0 Å². The van der Waals surface area contributed by atoms with Gasteiger partial charge in [0.1, 0.15) is 4.21 Å². The van der Waals surface area contributed by atoms with Gasteiger partial charge in [0.15, 0.2) is 0 Å². The maximum absolute atomic E-state index is 12.4. The molecule has 3 nitrogen and oxygen atoms in total. The highest BCUT2D eigenvalue weighted by Crippen LogP contribution is 2.49. The summed E-state index contributed by atoms with van der Waals surface area (Å²) in [5.41, 5.74) is 0. The molecule has 0 spiro atoms. The van der Waals surface area contributed by atoms with Crippen LogP contribution in [0.5, 0.6) is 0 Å². The topological polar surface area (TPSA) is 46.2 Å². The Hall–Kier alpha value is 0.0900. The van der Waals surface area contributed by atoms with E-state index in [1.165, 1.54) is 37.0 Å². The van der Waals surface area contributed by atoms with Crippen molar-refractivity contribution in [2.24, 2.45) is 17.8 Å². The van der Waals surface area contributed by atoms with E-state index in [1.54, 1.807) is 11.4 Å². The smallest absolute Gasteiger partial charge is 0.207 e. The van der Waals surface area contributed by atoms with Crippen molar-refractivity contribution in [3.05, 3.63) is 15.9 Å². The molecule has 1 heterocycles. The first kappa shape index (κ1) is 14.0. The highest BCUT2D eigenvalue weighted by Gasteiger charge is 2.42. The second kappa shape index (κ2) is 5.13. The van der Waals surface area contributed by atoms with Crippen molar-refractivity contribution < 1.29 is 8.42 Å². The van der Waals surface area contributed by atoms with Crippen LogP contribution in [0.1, 0.15) is 32.6 Å². The van der Waals surface area contributed by atoms with Crippen molar-refractivity contribution in [3.63, 3.8) is 0 Å². The first-order valence-electron chi connectivity index (χ1n) is 6.72. The van der Waals surface area contributed by atoms with Crippen LogP contribution in [0.4, 0.5) is 0 Å². The van der Waals surface area contributed by atoms with Crippen LogP contribution in [0, 0.1) is 17.8 Å². The highest BCUT2D eigenvalue weighted by molar-refractivity contribution is 9.10. The summed E-state index contributed by atoms with van der Waals surface area (Å²) in [4.78, 5) is 0. The largest absolute Gasteiger partial charge is 0.251 e. The molecule has 3 rings (SSSR count). The predicted molar refractivity (Wildman–Crippen MR) is 80.7 cm³/mol. The van der Waals surface area contributed by atoms with Crippen LogP contribution >= 0.6 is 27.3 Å². The molecule has 106 valence electrons. The second-order valence-corrected chi connectivity index (χ2v) is 9.48. The van der Waals surface area contributed by atoms with Gasteiger partial charge in [-0.15, -0.1) is 11.3 Å². The zero-order valence-corrected chi connectivity index (χ0v) is 14.0. The number of thiophene rings is 1. The fourth-order valence-corrected chi connectivity index (χ4v) is 7.41. The highest BCUT2D eigenvalue weighted by atomic mass is 79.9. The molecule has 0 aromatic carbocycles. The van der Waals surface area contributed by atoms with E-state index in [-0.39, 0.29) is 6.04 Å². The first-order valence-corrected chi connectivity index (χ1v) is 9.88. The standard InChI is InChI=1S/C13H18BrNO2S2/c1-8(11-7-9-2-3-10(11)6-9)15-19(16,17)13-12(14)4-5-18-13/h4-5,8-11,15H,2-3,6-7H2,1H3. The van der Waals surface area contributed by atoms with Crippen LogP contribution in [0.2, 0.25) is 0 Å². The zero-order chi connectivity index (χ0) is 13.6. The van der Waals surface area contributed by atoms with Gasteiger partial charge in [0.2, 0.25) is 0 Å². The molecular formula is C13H18BrNO2S2. The molecule has 2 fully saturated rings. The fourth-order valence-electron chi connectivity index (χ4n) is 3.76. The molecule has 1 aromatic heterocycles. The number of hydrogen-bond acceptors (Lipinski definition) is 3. The Morgan fingerprint density at radius 2 is 2.21 bits per heavy atom. The minimum absolute atomic E-state index is 0.0364. The van der Waals surface area contributed by atoms with Gasteiger partial charge in [0, 0.05) is 10.5 Å². The van der Waals surface area contributed by atoms with Gasteiger partial charge in [0.25, 0.3) is 10.0 Å². The fraction of sp³-hybridized carbons (Fsp3) is 0.692. The number of sulfonamides is 1. The van der Waals surface area contributed by atoms with E-state index in [1.807, 2.05) is 6.92 Å². The second-order valence-electron chi connectivity index (χ2n) is 5.80. The van der Waals surface area contributed by atoms with Gasteiger partial charge in [-0.3, -0.25) is 0 Å². The molecule has 4 atom stereocenters. The van der Waals surface area contributed by atoms with Crippen molar-refractivity contribution >= 4 is 37.3 Å². The van der Waals surface area contributed by atoms with Crippen LogP contribution in [0.15, 0.2) is 20.1 Å². The molecule has 0 amide bonds. The lowest BCUT2D eigenvalue weighted by molar-refractivity contribution is 0.280. The molecule has 0 saturated heterocycles. The van der Waals surface area contributed by atoms with Gasteiger partial charge in [-0.2, -0.15) is 0 Å². The third kappa shape index (κ3) is 2.64. The maximum atomic E-state index is 12.4. The maximum Gasteiger partial charge on any atom is 0.251 e. The summed E-state index contributed by atoms with van der Waals surface area (Å²) in [6.45, 7) is 2.02. The van der Waals surface area contributed by atoms with Crippen LogP contribution in [0.3, 0.4) is 0 Å². The molecule has 2 aliphatic rings. The summed E-state index contributed by atoms with van der Waals surface area (Å²) in [5.74, 6) is 2.09. The van der Waals surface area contributed by atoms with E-state index in [2.05, 4.69) is 20.7 Å². The molecule has 2 saturated carbocycles. The van der Waals surface area contributed by atoms with Crippen LogP contribution in [-0.2, 0) is 10.0 Å². The lowest BCUT2D eigenvalue weighted by Gasteiger charge is -2.28. The van der Waals surface area contributed by atoms with Crippen LogP contribution in [-0.4, -0.2) is 14.5 Å². The molecule has 4 unspecified atom stereocenters. The molecule has 2 aliphatic carbocycles. The number of hydrogen-bond donors (Lipinski definition) is 1. The Morgan fingerprint density at radius 3 is 2.74 bits per heavy atom. The normalized spacial score (nSPS) is 31.8. The molecule has 1 aromatic rings. The third-order valence-corrected chi connectivity index (χ3v) is 8.83. The quantitative estimate of drug-likeness (QED) is 0.887. The van der Waals surface area contributed by atoms with Crippen molar-refractivity contribution in [3.8, 4) is 0 Å². The molecule has 19 heavy (non-hydrogen) atoms. The van der Waals surface area contributed by atoms with E-state index in [4.69, 9.17) is 0 Å². The number of nitrogens with one attached hydrogen (secondary N) is 1. The Morgan fingerprint density at radius 1 is 1.42 bits per heavy atom.